The SMILES string of the molecule is CCN(CC)C(CNC(=O)CNC(=O)c1ccc(Cl)cc1Cl)c1cccc(OC)c1. The van der Waals surface area contributed by atoms with E-state index < -0.39 is 5.91 Å². The van der Waals surface area contributed by atoms with E-state index in [4.69, 9.17) is 27.9 Å². The third kappa shape index (κ3) is 6.62. The standard InChI is InChI=1S/C22H27Cl2N3O3/c1-4-27(5-2)20(15-7-6-8-17(11-15)30-3)13-25-21(28)14-26-22(29)18-10-9-16(23)12-19(18)24/h6-12,20H,4-5,13-14H2,1-3H3,(H,25,28)(H,26,29). The molecule has 6 nitrogen and oxygen atoms in total. The van der Waals surface area contributed by atoms with Crippen molar-refractivity contribution in [2.24, 2.45) is 0 Å². The zero-order valence-corrected chi connectivity index (χ0v) is 18.9. The first-order valence-corrected chi connectivity index (χ1v) is 10.5. The molecule has 0 heterocycles. The molecule has 1 unspecified atom stereocenters. The summed E-state index contributed by atoms with van der Waals surface area (Å²) in [4.78, 5) is 26.9. The Labute approximate surface area is 187 Å². The molecule has 0 saturated heterocycles. The molecule has 0 aliphatic carbocycles. The number of benzene rings is 2. The highest BCUT2D eigenvalue weighted by atomic mass is 35.5. The number of rotatable bonds is 10. The third-order valence-electron chi connectivity index (χ3n) is 4.81. The molecule has 0 radical (unpaired) electrons. The molecule has 162 valence electrons. The van der Waals surface area contributed by atoms with Crippen LogP contribution in [0.1, 0.15) is 35.8 Å². The second-order valence-electron chi connectivity index (χ2n) is 6.62. The molecular formula is C22H27Cl2N3O3. The number of ether oxygens (including phenoxy) is 1. The van der Waals surface area contributed by atoms with E-state index in [0.717, 1.165) is 24.4 Å². The topological polar surface area (TPSA) is 70.7 Å². The number of methoxy groups -OCH3 is 1. The van der Waals surface area contributed by atoms with Gasteiger partial charge in [-0.15, -0.1) is 0 Å². The van der Waals surface area contributed by atoms with Gasteiger partial charge in [-0.1, -0.05) is 49.2 Å². The van der Waals surface area contributed by atoms with Gasteiger partial charge in [0.15, 0.2) is 0 Å². The highest BCUT2D eigenvalue weighted by Gasteiger charge is 2.20. The summed E-state index contributed by atoms with van der Waals surface area (Å²) in [6, 6.07) is 12.4. The summed E-state index contributed by atoms with van der Waals surface area (Å²) in [5, 5.41) is 6.17. The molecule has 0 aliphatic rings. The molecule has 8 heteroatoms. The monoisotopic (exact) mass is 451 g/mol. The molecule has 2 aromatic rings. The molecule has 30 heavy (non-hydrogen) atoms. The number of likely N-dealkylation sites (N-methyl/N-ethyl adjacent to an activating group) is 1. The van der Waals surface area contributed by atoms with E-state index in [9.17, 15) is 9.59 Å². The first-order valence-electron chi connectivity index (χ1n) is 9.77. The highest BCUT2D eigenvalue weighted by Crippen LogP contribution is 2.24. The van der Waals surface area contributed by atoms with Gasteiger partial charge in [0.1, 0.15) is 5.75 Å². The van der Waals surface area contributed by atoms with Crippen molar-refractivity contribution in [3.63, 3.8) is 0 Å². The molecule has 2 amide bonds. The summed E-state index contributed by atoms with van der Waals surface area (Å²) in [7, 11) is 1.63. The van der Waals surface area contributed by atoms with Crippen molar-refractivity contribution in [3.8, 4) is 5.75 Å². The molecule has 2 rings (SSSR count). The third-order valence-corrected chi connectivity index (χ3v) is 5.36. The van der Waals surface area contributed by atoms with Gasteiger partial charge in [0.25, 0.3) is 5.91 Å². The maximum Gasteiger partial charge on any atom is 0.253 e. The van der Waals surface area contributed by atoms with E-state index in [1.807, 2.05) is 24.3 Å². The van der Waals surface area contributed by atoms with Crippen LogP contribution in [-0.4, -0.2) is 50.0 Å². The highest BCUT2D eigenvalue weighted by molar-refractivity contribution is 6.36. The zero-order chi connectivity index (χ0) is 22.1. The van der Waals surface area contributed by atoms with E-state index in [-0.39, 0.29) is 29.1 Å². The van der Waals surface area contributed by atoms with Crippen LogP contribution >= 0.6 is 23.2 Å². The molecule has 0 spiro atoms. The van der Waals surface area contributed by atoms with Crippen LogP contribution in [0.5, 0.6) is 5.75 Å². The van der Waals surface area contributed by atoms with Gasteiger partial charge in [-0.05, 0) is 49.0 Å². The lowest BCUT2D eigenvalue weighted by molar-refractivity contribution is -0.120. The Bertz CT molecular complexity index is 872. The summed E-state index contributed by atoms with van der Waals surface area (Å²) in [5.41, 5.74) is 1.32. The van der Waals surface area contributed by atoms with Crippen LogP contribution in [0.25, 0.3) is 0 Å². The summed E-state index contributed by atoms with van der Waals surface area (Å²) in [6.45, 7) is 6.08. The summed E-state index contributed by atoms with van der Waals surface area (Å²) in [6.07, 6.45) is 0. The second kappa shape index (κ2) is 11.8. The van der Waals surface area contributed by atoms with Gasteiger partial charge in [0.2, 0.25) is 5.91 Å². The minimum Gasteiger partial charge on any atom is -0.497 e. The predicted octanol–water partition coefficient (Wildman–Crippen LogP) is 3.93. The summed E-state index contributed by atoms with van der Waals surface area (Å²) in [5.74, 6) is 0.0523. The lowest BCUT2D eigenvalue weighted by Gasteiger charge is -2.30. The van der Waals surface area contributed by atoms with Crippen LogP contribution in [0.4, 0.5) is 0 Å². The van der Waals surface area contributed by atoms with E-state index in [2.05, 4.69) is 29.4 Å². The fraction of sp³-hybridized carbons (Fsp3) is 0.364. The Hall–Kier alpha value is -2.28. The van der Waals surface area contributed by atoms with Crippen molar-refractivity contribution in [2.75, 3.05) is 33.3 Å². The van der Waals surface area contributed by atoms with Crippen LogP contribution in [0.15, 0.2) is 42.5 Å². The lowest BCUT2D eigenvalue weighted by atomic mass is 10.0. The van der Waals surface area contributed by atoms with Gasteiger partial charge in [-0.3, -0.25) is 14.5 Å². The van der Waals surface area contributed by atoms with Gasteiger partial charge < -0.3 is 15.4 Å². The molecule has 0 bridgehead atoms. The number of hydrogen-bond acceptors (Lipinski definition) is 4. The smallest absolute Gasteiger partial charge is 0.253 e. The van der Waals surface area contributed by atoms with Crippen molar-refractivity contribution >= 4 is 35.0 Å². The van der Waals surface area contributed by atoms with Crippen molar-refractivity contribution in [1.82, 2.24) is 15.5 Å². The number of amides is 2. The Morgan fingerprint density at radius 3 is 2.43 bits per heavy atom. The molecule has 1 atom stereocenters. The molecule has 0 saturated carbocycles. The van der Waals surface area contributed by atoms with Gasteiger partial charge in [-0.2, -0.15) is 0 Å². The van der Waals surface area contributed by atoms with Crippen LogP contribution in [0.2, 0.25) is 10.0 Å². The average molecular weight is 452 g/mol. The molecule has 2 N–H and O–H groups in total. The Kier molecular flexibility index (Phi) is 9.43. The first kappa shape index (κ1) is 24.0. The number of nitrogens with zero attached hydrogens (tertiary/aromatic N) is 1. The maximum absolute atomic E-state index is 12.4. The van der Waals surface area contributed by atoms with Crippen LogP contribution in [0, 0.1) is 0 Å². The van der Waals surface area contributed by atoms with E-state index >= 15 is 0 Å². The minimum absolute atomic E-state index is 0.0135. The summed E-state index contributed by atoms with van der Waals surface area (Å²) < 4.78 is 5.33. The Morgan fingerprint density at radius 2 is 1.80 bits per heavy atom. The number of carbonyl (C=O) groups is 2. The molecule has 0 aromatic heterocycles. The van der Waals surface area contributed by atoms with Crippen LogP contribution in [0.3, 0.4) is 0 Å². The average Bonchev–Trinajstić information content (AvgIpc) is 2.75. The second-order valence-corrected chi connectivity index (χ2v) is 7.47. The number of halogens is 2. The van der Waals surface area contributed by atoms with Gasteiger partial charge >= 0.3 is 0 Å². The quantitative estimate of drug-likeness (QED) is 0.573. The lowest BCUT2D eigenvalue weighted by Crippen LogP contribution is -2.42. The largest absolute Gasteiger partial charge is 0.497 e. The molecule has 2 aromatic carbocycles. The number of nitrogens with one attached hydrogen (secondary N) is 2. The summed E-state index contributed by atoms with van der Waals surface area (Å²) >= 11 is 11.9. The van der Waals surface area contributed by atoms with Gasteiger partial charge in [0.05, 0.1) is 30.3 Å². The molecule has 0 aliphatic heterocycles. The normalized spacial score (nSPS) is 11.8. The zero-order valence-electron chi connectivity index (χ0n) is 17.4. The number of carbonyl (C=O) groups excluding carboxylic acids is 2. The predicted molar refractivity (Wildman–Crippen MR) is 120 cm³/mol. The van der Waals surface area contributed by atoms with Crippen molar-refractivity contribution < 1.29 is 14.3 Å². The molecule has 0 fully saturated rings. The molecular weight excluding hydrogens is 425 g/mol. The van der Waals surface area contributed by atoms with E-state index in [1.54, 1.807) is 13.2 Å². The van der Waals surface area contributed by atoms with E-state index in [0.29, 0.717) is 11.6 Å². The minimum atomic E-state index is -0.431. The van der Waals surface area contributed by atoms with Crippen LogP contribution < -0.4 is 15.4 Å². The Morgan fingerprint density at radius 1 is 1.07 bits per heavy atom. The van der Waals surface area contributed by atoms with E-state index in [1.165, 1.54) is 12.1 Å². The van der Waals surface area contributed by atoms with Crippen molar-refractivity contribution in [1.29, 1.82) is 0 Å². The number of hydrogen-bond donors (Lipinski definition) is 2. The fourth-order valence-electron chi connectivity index (χ4n) is 3.17. The Balaban J connectivity index is 1.98. The van der Waals surface area contributed by atoms with Crippen molar-refractivity contribution in [2.45, 2.75) is 19.9 Å². The van der Waals surface area contributed by atoms with Crippen molar-refractivity contribution in [3.05, 3.63) is 63.6 Å². The first-order chi connectivity index (χ1) is 14.4. The van der Waals surface area contributed by atoms with Crippen LogP contribution in [-0.2, 0) is 4.79 Å². The van der Waals surface area contributed by atoms with Gasteiger partial charge in [0, 0.05) is 11.6 Å². The fourth-order valence-corrected chi connectivity index (χ4v) is 3.67. The maximum atomic E-state index is 12.4. The van der Waals surface area contributed by atoms with Gasteiger partial charge in [-0.25, -0.2) is 0 Å².